The zero-order valence-electron chi connectivity index (χ0n) is 11.4. The number of aromatic carboxylic acids is 1. The molecule has 0 atom stereocenters. The zero-order chi connectivity index (χ0) is 15.5. The summed E-state index contributed by atoms with van der Waals surface area (Å²) in [6.45, 7) is 2.19. The van der Waals surface area contributed by atoms with Gasteiger partial charge in [0.05, 0.1) is 5.56 Å². The maximum absolute atomic E-state index is 12.1. The number of hydrogen-bond acceptors (Lipinski definition) is 4. The van der Waals surface area contributed by atoms with Crippen LogP contribution in [0, 0.1) is 0 Å². The summed E-state index contributed by atoms with van der Waals surface area (Å²) < 4.78 is 26.8. The Kier molecular flexibility index (Phi) is 4.76. The molecule has 1 heterocycles. The highest BCUT2D eigenvalue weighted by atomic mass is 32.2. The normalized spacial score (nSPS) is 11.5. The van der Waals surface area contributed by atoms with Crippen LogP contribution in [0.4, 0.5) is 0 Å². The van der Waals surface area contributed by atoms with Crippen LogP contribution in [0.15, 0.2) is 39.9 Å². The van der Waals surface area contributed by atoms with E-state index in [4.69, 9.17) is 5.11 Å². The zero-order valence-corrected chi connectivity index (χ0v) is 13.0. The second-order valence-corrected chi connectivity index (χ2v) is 7.31. The molecule has 0 aliphatic carbocycles. The molecule has 0 amide bonds. The topological polar surface area (TPSA) is 83.5 Å². The van der Waals surface area contributed by atoms with E-state index in [-0.39, 0.29) is 16.3 Å². The van der Waals surface area contributed by atoms with Crippen molar-refractivity contribution in [1.82, 2.24) is 4.72 Å². The van der Waals surface area contributed by atoms with Gasteiger partial charge in [-0.2, -0.15) is 0 Å². The first kappa shape index (κ1) is 15.7. The number of rotatable bonds is 6. The minimum absolute atomic E-state index is 0.00822. The van der Waals surface area contributed by atoms with Crippen molar-refractivity contribution < 1.29 is 18.3 Å². The maximum Gasteiger partial charge on any atom is 0.336 e. The number of hydrogen-bond donors (Lipinski definition) is 2. The van der Waals surface area contributed by atoms with E-state index in [0.717, 1.165) is 28.9 Å². The fourth-order valence-electron chi connectivity index (χ4n) is 1.89. The van der Waals surface area contributed by atoms with Crippen molar-refractivity contribution >= 4 is 27.3 Å². The lowest BCUT2D eigenvalue weighted by Crippen LogP contribution is -2.23. The van der Waals surface area contributed by atoms with Crippen LogP contribution in [0.3, 0.4) is 0 Å². The van der Waals surface area contributed by atoms with Gasteiger partial charge in [0.1, 0.15) is 4.21 Å². The Morgan fingerprint density at radius 2 is 1.95 bits per heavy atom. The molecule has 0 saturated heterocycles. The predicted octanol–water partition coefficient (Wildman–Crippen LogP) is 2.49. The van der Waals surface area contributed by atoms with E-state index < -0.39 is 16.0 Å². The summed E-state index contributed by atoms with van der Waals surface area (Å²) in [6, 6.07) is 8.77. The Bertz CT molecular complexity index is 750. The van der Waals surface area contributed by atoms with E-state index in [2.05, 4.69) is 4.72 Å². The standard InChI is InChI=1S/C14H15NO4S2/c1-2-10-5-3-4-6-11(10)8-15-21(18,19)13-7-12(9-20-13)14(16)17/h3-7,9,15H,2,8H2,1H3,(H,16,17). The summed E-state index contributed by atoms with van der Waals surface area (Å²) in [5, 5.41) is 10.1. The van der Waals surface area contributed by atoms with Crippen molar-refractivity contribution in [2.75, 3.05) is 0 Å². The number of sulfonamides is 1. The number of nitrogens with one attached hydrogen (secondary N) is 1. The summed E-state index contributed by atoms with van der Waals surface area (Å²) in [4.78, 5) is 10.8. The number of carboxylic acid groups (broad SMARTS) is 1. The molecule has 1 aromatic heterocycles. The van der Waals surface area contributed by atoms with Crippen LogP contribution in [-0.2, 0) is 23.0 Å². The number of carbonyl (C=O) groups is 1. The van der Waals surface area contributed by atoms with Crippen molar-refractivity contribution in [1.29, 1.82) is 0 Å². The first-order valence-corrected chi connectivity index (χ1v) is 8.68. The van der Waals surface area contributed by atoms with Crippen LogP contribution in [0.5, 0.6) is 0 Å². The Hall–Kier alpha value is -1.70. The number of thiophene rings is 1. The van der Waals surface area contributed by atoms with Crippen LogP contribution >= 0.6 is 11.3 Å². The van der Waals surface area contributed by atoms with Gasteiger partial charge in [-0.3, -0.25) is 0 Å². The van der Waals surface area contributed by atoms with Crippen LogP contribution < -0.4 is 4.72 Å². The third-order valence-electron chi connectivity index (χ3n) is 3.04. The summed E-state index contributed by atoms with van der Waals surface area (Å²) >= 11 is 0.899. The van der Waals surface area contributed by atoms with Gasteiger partial charge in [0, 0.05) is 11.9 Å². The third-order valence-corrected chi connectivity index (χ3v) is 5.88. The lowest BCUT2D eigenvalue weighted by Gasteiger charge is -2.08. The molecule has 21 heavy (non-hydrogen) atoms. The van der Waals surface area contributed by atoms with Crippen molar-refractivity contribution in [3.63, 3.8) is 0 Å². The molecule has 112 valence electrons. The largest absolute Gasteiger partial charge is 0.478 e. The monoisotopic (exact) mass is 325 g/mol. The molecule has 2 rings (SSSR count). The molecule has 2 N–H and O–H groups in total. The second kappa shape index (κ2) is 6.38. The third kappa shape index (κ3) is 3.69. The van der Waals surface area contributed by atoms with Gasteiger partial charge in [-0.15, -0.1) is 11.3 Å². The maximum atomic E-state index is 12.1. The lowest BCUT2D eigenvalue weighted by molar-refractivity contribution is 0.0697. The Morgan fingerprint density at radius 3 is 2.52 bits per heavy atom. The molecule has 0 aliphatic heterocycles. The summed E-state index contributed by atoms with van der Waals surface area (Å²) in [6.07, 6.45) is 0.820. The molecular formula is C14H15NO4S2. The van der Waals surface area contributed by atoms with Gasteiger partial charge in [0.25, 0.3) is 0 Å². The first-order chi connectivity index (χ1) is 9.94. The second-order valence-electron chi connectivity index (χ2n) is 4.41. The highest BCUT2D eigenvalue weighted by Crippen LogP contribution is 2.20. The smallest absolute Gasteiger partial charge is 0.336 e. The van der Waals surface area contributed by atoms with Crippen LogP contribution in [-0.4, -0.2) is 19.5 Å². The lowest BCUT2D eigenvalue weighted by atomic mass is 10.1. The van der Waals surface area contributed by atoms with Gasteiger partial charge >= 0.3 is 5.97 Å². The van der Waals surface area contributed by atoms with Gasteiger partial charge < -0.3 is 5.11 Å². The minimum Gasteiger partial charge on any atom is -0.478 e. The Balaban J connectivity index is 2.16. The van der Waals surface area contributed by atoms with Crippen molar-refractivity contribution in [2.24, 2.45) is 0 Å². The molecule has 2 aromatic rings. The van der Waals surface area contributed by atoms with Crippen LogP contribution in [0.25, 0.3) is 0 Å². The summed E-state index contributed by atoms with van der Waals surface area (Å²) in [7, 11) is -3.69. The molecule has 0 aliphatic rings. The minimum atomic E-state index is -3.69. The van der Waals surface area contributed by atoms with E-state index in [1.165, 1.54) is 11.4 Å². The number of carboxylic acids is 1. The van der Waals surface area contributed by atoms with Crippen molar-refractivity contribution in [3.8, 4) is 0 Å². The Morgan fingerprint density at radius 1 is 1.29 bits per heavy atom. The fraction of sp³-hybridized carbons (Fsp3) is 0.214. The van der Waals surface area contributed by atoms with E-state index in [1.807, 2.05) is 31.2 Å². The predicted molar refractivity (Wildman–Crippen MR) is 81.1 cm³/mol. The first-order valence-electron chi connectivity index (χ1n) is 6.32. The summed E-state index contributed by atoms with van der Waals surface area (Å²) in [5.74, 6) is -1.14. The molecule has 0 bridgehead atoms. The quantitative estimate of drug-likeness (QED) is 0.854. The molecule has 7 heteroatoms. The van der Waals surface area contributed by atoms with E-state index in [0.29, 0.717) is 0 Å². The summed E-state index contributed by atoms with van der Waals surface area (Å²) in [5.41, 5.74) is 1.98. The highest BCUT2D eigenvalue weighted by Gasteiger charge is 2.18. The molecule has 0 unspecified atom stereocenters. The SMILES string of the molecule is CCc1ccccc1CNS(=O)(=O)c1cc(C(=O)O)cs1. The fourth-order valence-corrected chi connectivity index (χ4v) is 4.09. The molecule has 0 radical (unpaired) electrons. The Labute approximate surface area is 127 Å². The van der Waals surface area contributed by atoms with Gasteiger partial charge in [0.15, 0.2) is 0 Å². The highest BCUT2D eigenvalue weighted by molar-refractivity contribution is 7.91. The van der Waals surface area contributed by atoms with E-state index in [9.17, 15) is 13.2 Å². The van der Waals surface area contributed by atoms with Gasteiger partial charge in [-0.25, -0.2) is 17.9 Å². The van der Waals surface area contributed by atoms with Gasteiger partial charge in [-0.1, -0.05) is 31.2 Å². The van der Waals surface area contributed by atoms with Crippen LogP contribution in [0.1, 0.15) is 28.4 Å². The molecule has 5 nitrogen and oxygen atoms in total. The van der Waals surface area contributed by atoms with Crippen molar-refractivity contribution in [2.45, 2.75) is 24.1 Å². The molecular weight excluding hydrogens is 310 g/mol. The molecule has 0 saturated carbocycles. The van der Waals surface area contributed by atoms with Gasteiger partial charge in [0.2, 0.25) is 10.0 Å². The molecule has 0 spiro atoms. The average molecular weight is 325 g/mol. The van der Waals surface area contributed by atoms with Crippen molar-refractivity contribution in [3.05, 3.63) is 52.4 Å². The average Bonchev–Trinajstić information content (AvgIpc) is 2.96. The van der Waals surface area contributed by atoms with E-state index >= 15 is 0 Å². The van der Waals surface area contributed by atoms with Gasteiger partial charge in [-0.05, 0) is 23.6 Å². The number of aryl methyl sites for hydroxylation is 1. The van der Waals surface area contributed by atoms with E-state index in [1.54, 1.807) is 0 Å². The molecule has 0 fully saturated rings. The molecule has 1 aromatic carbocycles. The number of benzene rings is 1. The van der Waals surface area contributed by atoms with Crippen LogP contribution in [0.2, 0.25) is 0 Å².